The molecule has 1 aromatic rings. The van der Waals surface area contributed by atoms with E-state index in [9.17, 15) is 14.7 Å². The van der Waals surface area contributed by atoms with Crippen LogP contribution < -0.4 is 5.32 Å². The molecule has 6 heteroatoms. The van der Waals surface area contributed by atoms with Gasteiger partial charge in [-0.15, -0.1) is 0 Å². The molecule has 98 valence electrons. The van der Waals surface area contributed by atoms with E-state index in [0.717, 1.165) is 0 Å². The smallest absolute Gasteiger partial charge is 0.337 e. The van der Waals surface area contributed by atoms with Gasteiger partial charge in [-0.3, -0.25) is 4.79 Å². The van der Waals surface area contributed by atoms with E-state index in [1.165, 1.54) is 7.11 Å². The van der Waals surface area contributed by atoms with Crippen molar-refractivity contribution in [2.45, 2.75) is 12.5 Å². The number of benzene rings is 1. The van der Waals surface area contributed by atoms with Gasteiger partial charge in [0.05, 0.1) is 25.2 Å². The van der Waals surface area contributed by atoms with E-state index in [0.29, 0.717) is 11.3 Å². The van der Waals surface area contributed by atoms with Crippen LogP contribution in [0.2, 0.25) is 0 Å². The molecule has 0 bridgehead atoms. The predicted octanol–water partition coefficient (Wildman–Crippen LogP) is 0.721. The molecule has 1 unspecified atom stereocenters. The van der Waals surface area contributed by atoms with Crippen LogP contribution in [0, 0.1) is 0 Å². The fourth-order valence-electron chi connectivity index (χ4n) is 1.38. The number of carboxylic acid groups (broad SMARTS) is 1. The fourth-order valence-corrected chi connectivity index (χ4v) is 1.38. The number of carbonyl (C=O) groups is 2. The molecular formula is C12H15NO5. The van der Waals surface area contributed by atoms with E-state index in [2.05, 4.69) is 10.1 Å². The molecule has 0 aliphatic heterocycles. The Hall–Kier alpha value is -2.08. The lowest BCUT2D eigenvalue weighted by molar-refractivity contribution is -0.138. The van der Waals surface area contributed by atoms with E-state index >= 15 is 0 Å². The molecule has 0 saturated heterocycles. The summed E-state index contributed by atoms with van der Waals surface area (Å²) in [5.74, 6) is -1.52. The van der Waals surface area contributed by atoms with Crippen LogP contribution in [0.25, 0.3) is 0 Å². The van der Waals surface area contributed by atoms with Crippen molar-refractivity contribution in [3.05, 3.63) is 29.8 Å². The summed E-state index contributed by atoms with van der Waals surface area (Å²) in [6, 6.07) is 6.54. The zero-order valence-electron chi connectivity index (χ0n) is 9.92. The topological polar surface area (TPSA) is 95.9 Å². The van der Waals surface area contributed by atoms with Crippen LogP contribution in [0.5, 0.6) is 0 Å². The zero-order chi connectivity index (χ0) is 13.5. The molecule has 0 amide bonds. The van der Waals surface area contributed by atoms with Crippen molar-refractivity contribution in [3.8, 4) is 0 Å². The average molecular weight is 253 g/mol. The van der Waals surface area contributed by atoms with Crippen LogP contribution in [0.15, 0.2) is 24.3 Å². The van der Waals surface area contributed by atoms with Crippen molar-refractivity contribution in [1.29, 1.82) is 0 Å². The quantitative estimate of drug-likeness (QED) is 0.646. The van der Waals surface area contributed by atoms with E-state index < -0.39 is 18.0 Å². The highest BCUT2D eigenvalue weighted by Crippen LogP contribution is 2.11. The second kappa shape index (κ2) is 6.61. The minimum atomic E-state index is -1.06. The number of anilines is 1. The predicted molar refractivity (Wildman–Crippen MR) is 64.5 cm³/mol. The highest BCUT2D eigenvalue weighted by molar-refractivity contribution is 5.90. The number of hydrogen-bond acceptors (Lipinski definition) is 5. The van der Waals surface area contributed by atoms with Crippen molar-refractivity contribution in [2.75, 3.05) is 19.0 Å². The Labute approximate surface area is 104 Å². The molecule has 0 aliphatic rings. The second-order valence-electron chi connectivity index (χ2n) is 3.70. The summed E-state index contributed by atoms with van der Waals surface area (Å²) < 4.78 is 4.58. The van der Waals surface area contributed by atoms with E-state index in [-0.39, 0.29) is 13.0 Å². The van der Waals surface area contributed by atoms with Crippen LogP contribution in [0.1, 0.15) is 16.8 Å². The molecule has 0 fully saturated rings. The molecule has 0 saturated carbocycles. The number of aliphatic hydroxyl groups excluding tert-OH is 1. The van der Waals surface area contributed by atoms with Gasteiger partial charge in [-0.25, -0.2) is 4.79 Å². The Balaban J connectivity index is 2.57. The van der Waals surface area contributed by atoms with Gasteiger partial charge in [-0.05, 0) is 18.2 Å². The molecule has 0 aliphatic carbocycles. The number of carbonyl (C=O) groups excluding carboxylic acids is 1. The third kappa shape index (κ3) is 4.42. The molecule has 0 radical (unpaired) electrons. The SMILES string of the molecule is COC(=O)c1cccc(NCC(O)CC(=O)O)c1. The lowest BCUT2D eigenvalue weighted by Gasteiger charge is -2.11. The van der Waals surface area contributed by atoms with Crippen molar-refractivity contribution in [3.63, 3.8) is 0 Å². The van der Waals surface area contributed by atoms with Gasteiger partial charge in [0.25, 0.3) is 0 Å². The van der Waals surface area contributed by atoms with Gasteiger partial charge in [-0.1, -0.05) is 6.07 Å². The van der Waals surface area contributed by atoms with Gasteiger partial charge < -0.3 is 20.3 Å². The molecule has 0 spiro atoms. The third-order valence-electron chi connectivity index (χ3n) is 2.24. The standard InChI is InChI=1S/C12H15NO5/c1-18-12(17)8-3-2-4-9(5-8)13-7-10(14)6-11(15)16/h2-5,10,13-14H,6-7H2,1H3,(H,15,16). The number of ether oxygens (including phenoxy) is 1. The minimum Gasteiger partial charge on any atom is -0.481 e. The number of carboxylic acids is 1. The van der Waals surface area contributed by atoms with E-state index in [1.54, 1.807) is 24.3 Å². The van der Waals surface area contributed by atoms with Gasteiger partial charge >= 0.3 is 11.9 Å². The maximum atomic E-state index is 11.3. The molecule has 0 heterocycles. The van der Waals surface area contributed by atoms with E-state index in [4.69, 9.17) is 5.11 Å². The third-order valence-corrected chi connectivity index (χ3v) is 2.24. The average Bonchev–Trinajstić information content (AvgIpc) is 2.35. The molecule has 0 aromatic heterocycles. The second-order valence-corrected chi connectivity index (χ2v) is 3.70. The van der Waals surface area contributed by atoms with Crippen molar-refractivity contribution >= 4 is 17.6 Å². The first kappa shape index (κ1) is 14.0. The first-order chi connectivity index (χ1) is 8.52. The molecule has 1 atom stereocenters. The van der Waals surface area contributed by atoms with Crippen LogP contribution in [0.4, 0.5) is 5.69 Å². The van der Waals surface area contributed by atoms with Crippen molar-refractivity contribution in [2.24, 2.45) is 0 Å². The van der Waals surface area contributed by atoms with Crippen molar-refractivity contribution < 1.29 is 24.5 Å². The van der Waals surface area contributed by atoms with Gasteiger partial charge in [0.2, 0.25) is 0 Å². The highest BCUT2D eigenvalue weighted by atomic mass is 16.5. The monoisotopic (exact) mass is 253 g/mol. The molecule has 3 N–H and O–H groups in total. The number of hydrogen-bond donors (Lipinski definition) is 3. The molecule has 1 aromatic carbocycles. The lowest BCUT2D eigenvalue weighted by atomic mass is 10.2. The summed E-state index contributed by atoms with van der Waals surface area (Å²) in [7, 11) is 1.29. The van der Waals surface area contributed by atoms with Crippen LogP contribution in [0.3, 0.4) is 0 Å². The Morgan fingerprint density at radius 1 is 1.44 bits per heavy atom. The molecule has 1 rings (SSSR count). The van der Waals surface area contributed by atoms with Crippen LogP contribution in [-0.2, 0) is 9.53 Å². The van der Waals surface area contributed by atoms with Crippen LogP contribution in [-0.4, -0.2) is 41.9 Å². The largest absolute Gasteiger partial charge is 0.481 e. The Bertz CT molecular complexity index is 432. The summed E-state index contributed by atoms with van der Waals surface area (Å²) in [5.41, 5.74) is 0.998. The van der Waals surface area contributed by atoms with Gasteiger partial charge in [0.1, 0.15) is 0 Å². The molecule has 18 heavy (non-hydrogen) atoms. The minimum absolute atomic E-state index is 0.0942. The number of esters is 1. The summed E-state index contributed by atoms with van der Waals surface area (Å²) in [6.45, 7) is 0.0942. The Morgan fingerprint density at radius 2 is 2.17 bits per heavy atom. The number of methoxy groups -OCH3 is 1. The Morgan fingerprint density at radius 3 is 2.78 bits per heavy atom. The first-order valence-electron chi connectivity index (χ1n) is 5.35. The Kier molecular flexibility index (Phi) is 5.13. The van der Waals surface area contributed by atoms with Gasteiger partial charge in [-0.2, -0.15) is 0 Å². The summed E-state index contributed by atoms with van der Waals surface area (Å²) >= 11 is 0. The first-order valence-corrected chi connectivity index (χ1v) is 5.35. The maximum Gasteiger partial charge on any atom is 0.337 e. The normalized spacial score (nSPS) is 11.7. The summed E-state index contributed by atoms with van der Waals surface area (Å²) in [5, 5.41) is 20.7. The zero-order valence-corrected chi connectivity index (χ0v) is 9.92. The molecular weight excluding hydrogens is 238 g/mol. The summed E-state index contributed by atoms with van der Waals surface area (Å²) in [6.07, 6.45) is -1.31. The number of aliphatic carboxylic acids is 1. The number of aliphatic hydroxyl groups is 1. The van der Waals surface area contributed by atoms with Crippen LogP contribution >= 0.6 is 0 Å². The highest BCUT2D eigenvalue weighted by Gasteiger charge is 2.10. The maximum absolute atomic E-state index is 11.3. The summed E-state index contributed by atoms with van der Waals surface area (Å²) in [4.78, 5) is 21.6. The number of nitrogens with one attached hydrogen (secondary N) is 1. The fraction of sp³-hybridized carbons (Fsp3) is 0.333. The van der Waals surface area contributed by atoms with Gasteiger partial charge in [0, 0.05) is 12.2 Å². The lowest BCUT2D eigenvalue weighted by Crippen LogP contribution is -2.22. The van der Waals surface area contributed by atoms with Crippen molar-refractivity contribution in [1.82, 2.24) is 0 Å². The molecule has 6 nitrogen and oxygen atoms in total. The van der Waals surface area contributed by atoms with E-state index in [1.807, 2.05) is 0 Å². The van der Waals surface area contributed by atoms with Gasteiger partial charge in [0.15, 0.2) is 0 Å². The number of rotatable bonds is 6.